The third-order valence-electron chi connectivity index (χ3n) is 4.25. The standard InChI is InChI=1S/C16H27N5/c1-3-12-13(4-2)19-20-16(14(12)15(17)18)21-10-8-6-5-7-9-11-21/h3-11H2,1-2H3,(H3,17,18). The van der Waals surface area contributed by atoms with Crippen LogP contribution in [0.4, 0.5) is 5.82 Å². The minimum Gasteiger partial charge on any atom is -0.384 e. The average Bonchev–Trinajstić information content (AvgIpc) is 2.45. The van der Waals surface area contributed by atoms with E-state index in [0.29, 0.717) is 0 Å². The van der Waals surface area contributed by atoms with Crippen molar-refractivity contribution in [3.05, 3.63) is 16.8 Å². The number of aromatic nitrogens is 2. The molecule has 21 heavy (non-hydrogen) atoms. The third kappa shape index (κ3) is 3.52. The summed E-state index contributed by atoms with van der Waals surface area (Å²) in [5.74, 6) is 0.937. The Morgan fingerprint density at radius 2 is 1.67 bits per heavy atom. The van der Waals surface area contributed by atoms with Gasteiger partial charge in [-0.3, -0.25) is 5.41 Å². The molecule has 0 spiro atoms. The van der Waals surface area contributed by atoms with Gasteiger partial charge >= 0.3 is 0 Å². The van der Waals surface area contributed by atoms with Gasteiger partial charge in [0.15, 0.2) is 5.82 Å². The van der Waals surface area contributed by atoms with Gasteiger partial charge in [-0.05, 0) is 31.2 Å². The molecular formula is C16H27N5. The normalized spacial score (nSPS) is 16.4. The van der Waals surface area contributed by atoms with E-state index in [2.05, 4.69) is 28.9 Å². The van der Waals surface area contributed by atoms with E-state index in [4.69, 9.17) is 11.1 Å². The summed E-state index contributed by atoms with van der Waals surface area (Å²) in [5.41, 5.74) is 8.76. The number of anilines is 1. The lowest BCUT2D eigenvalue weighted by Gasteiger charge is -2.28. The van der Waals surface area contributed by atoms with E-state index in [1.54, 1.807) is 0 Å². The number of nitrogens with one attached hydrogen (secondary N) is 1. The molecule has 1 aromatic heterocycles. The minimum absolute atomic E-state index is 0.119. The van der Waals surface area contributed by atoms with Crippen LogP contribution in [0.5, 0.6) is 0 Å². The van der Waals surface area contributed by atoms with Crippen LogP contribution in [0.1, 0.15) is 62.8 Å². The number of aryl methyl sites for hydroxylation is 1. The molecule has 2 rings (SSSR count). The molecule has 0 bridgehead atoms. The van der Waals surface area contributed by atoms with Crippen molar-refractivity contribution in [1.29, 1.82) is 5.41 Å². The van der Waals surface area contributed by atoms with Gasteiger partial charge in [0.1, 0.15) is 5.84 Å². The maximum absolute atomic E-state index is 7.99. The van der Waals surface area contributed by atoms with Gasteiger partial charge in [-0.2, -0.15) is 5.10 Å². The van der Waals surface area contributed by atoms with Crippen molar-refractivity contribution in [2.75, 3.05) is 18.0 Å². The fraction of sp³-hybridized carbons (Fsp3) is 0.688. The van der Waals surface area contributed by atoms with Crippen molar-refractivity contribution >= 4 is 11.7 Å². The number of amidine groups is 1. The minimum atomic E-state index is 0.119. The number of rotatable bonds is 4. The van der Waals surface area contributed by atoms with Crippen molar-refractivity contribution in [3.8, 4) is 0 Å². The first-order valence-electron chi connectivity index (χ1n) is 8.16. The van der Waals surface area contributed by atoms with Crippen LogP contribution in [0.3, 0.4) is 0 Å². The number of nitrogens with zero attached hydrogens (tertiary/aromatic N) is 3. The molecule has 0 aromatic carbocycles. The first-order valence-corrected chi connectivity index (χ1v) is 8.16. The van der Waals surface area contributed by atoms with Crippen LogP contribution in [0.15, 0.2) is 0 Å². The lowest BCUT2D eigenvalue weighted by Crippen LogP contribution is -2.32. The van der Waals surface area contributed by atoms with Crippen molar-refractivity contribution in [3.63, 3.8) is 0 Å². The zero-order valence-corrected chi connectivity index (χ0v) is 13.3. The molecular weight excluding hydrogens is 262 g/mol. The summed E-state index contributed by atoms with van der Waals surface area (Å²) in [6.07, 6.45) is 7.89. The maximum atomic E-state index is 7.99. The average molecular weight is 289 g/mol. The van der Waals surface area contributed by atoms with Crippen LogP contribution in [-0.4, -0.2) is 29.1 Å². The van der Waals surface area contributed by atoms with Crippen molar-refractivity contribution in [2.45, 2.75) is 58.8 Å². The smallest absolute Gasteiger partial charge is 0.162 e. The van der Waals surface area contributed by atoms with Crippen molar-refractivity contribution < 1.29 is 0 Å². The fourth-order valence-corrected chi connectivity index (χ4v) is 3.13. The lowest BCUT2D eigenvalue weighted by molar-refractivity contribution is 0.551. The Morgan fingerprint density at radius 1 is 1.05 bits per heavy atom. The molecule has 3 N–H and O–H groups in total. The zero-order chi connectivity index (χ0) is 15.2. The number of nitrogens with two attached hydrogens (primary N) is 1. The maximum Gasteiger partial charge on any atom is 0.162 e. The summed E-state index contributed by atoms with van der Waals surface area (Å²) in [5, 5.41) is 16.8. The molecule has 116 valence electrons. The second kappa shape index (κ2) is 7.38. The van der Waals surface area contributed by atoms with E-state index in [9.17, 15) is 0 Å². The summed E-state index contributed by atoms with van der Waals surface area (Å²) in [6.45, 7) is 6.15. The SMILES string of the molecule is CCc1nnc(N2CCCCCCC2)c(C(=N)N)c1CC. The van der Waals surface area contributed by atoms with Gasteiger partial charge in [-0.25, -0.2) is 0 Å². The lowest BCUT2D eigenvalue weighted by atomic mass is 10.0. The first-order chi connectivity index (χ1) is 10.2. The van der Waals surface area contributed by atoms with Gasteiger partial charge in [0.25, 0.3) is 0 Å². The second-order valence-electron chi connectivity index (χ2n) is 5.70. The molecule has 0 atom stereocenters. The van der Waals surface area contributed by atoms with E-state index in [-0.39, 0.29) is 5.84 Å². The molecule has 1 aliphatic rings. The highest BCUT2D eigenvalue weighted by atomic mass is 15.3. The van der Waals surface area contributed by atoms with Crippen LogP contribution < -0.4 is 10.6 Å². The summed E-state index contributed by atoms with van der Waals surface area (Å²) < 4.78 is 0. The van der Waals surface area contributed by atoms with Crippen LogP contribution in [-0.2, 0) is 12.8 Å². The quantitative estimate of drug-likeness (QED) is 0.659. The van der Waals surface area contributed by atoms with Gasteiger partial charge in [0.2, 0.25) is 0 Å². The van der Waals surface area contributed by atoms with Crippen LogP contribution in [0.2, 0.25) is 0 Å². The van der Waals surface area contributed by atoms with E-state index in [0.717, 1.165) is 48.6 Å². The Hall–Kier alpha value is -1.65. The monoisotopic (exact) mass is 289 g/mol. The molecule has 5 nitrogen and oxygen atoms in total. The van der Waals surface area contributed by atoms with Gasteiger partial charge in [0.05, 0.1) is 11.3 Å². The third-order valence-corrected chi connectivity index (χ3v) is 4.25. The van der Waals surface area contributed by atoms with Crippen molar-refractivity contribution in [1.82, 2.24) is 10.2 Å². The highest BCUT2D eigenvalue weighted by molar-refractivity contribution is 6.01. The number of hydrogen-bond donors (Lipinski definition) is 2. The van der Waals surface area contributed by atoms with E-state index in [1.165, 1.54) is 32.1 Å². The summed E-state index contributed by atoms with van der Waals surface area (Å²) >= 11 is 0. The molecule has 0 aliphatic carbocycles. The Morgan fingerprint density at radius 3 is 2.19 bits per heavy atom. The molecule has 1 aliphatic heterocycles. The van der Waals surface area contributed by atoms with Gasteiger partial charge in [-0.1, -0.05) is 33.1 Å². The van der Waals surface area contributed by atoms with Crippen LogP contribution in [0.25, 0.3) is 0 Å². The molecule has 1 saturated heterocycles. The topological polar surface area (TPSA) is 78.9 Å². The zero-order valence-electron chi connectivity index (χ0n) is 13.3. The predicted octanol–water partition coefficient (Wildman–Crippen LogP) is 2.66. The molecule has 0 amide bonds. The van der Waals surface area contributed by atoms with Crippen molar-refractivity contribution in [2.24, 2.45) is 5.73 Å². The van der Waals surface area contributed by atoms with Gasteiger partial charge in [-0.15, -0.1) is 5.10 Å². The Bertz CT molecular complexity index is 490. The summed E-state index contributed by atoms with van der Waals surface area (Å²) in [7, 11) is 0. The first kappa shape index (κ1) is 15.7. The molecule has 0 radical (unpaired) electrons. The fourth-order valence-electron chi connectivity index (χ4n) is 3.13. The van der Waals surface area contributed by atoms with E-state index < -0.39 is 0 Å². The van der Waals surface area contributed by atoms with E-state index in [1.807, 2.05) is 0 Å². The summed E-state index contributed by atoms with van der Waals surface area (Å²) in [4.78, 5) is 2.28. The molecule has 0 saturated carbocycles. The number of hydrogen-bond acceptors (Lipinski definition) is 4. The molecule has 2 heterocycles. The number of nitrogen functional groups attached to an aromatic ring is 1. The molecule has 0 unspecified atom stereocenters. The Labute approximate surface area is 127 Å². The summed E-state index contributed by atoms with van der Waals surface area (Å²) in [6, 6.07) is 0. The van der Waals surface area contributed by atoms with Gasteiger partial charge < -0.3 is 10.6 Å². The highest BCUT2D eigenvalue weighted by Crippen LogP contribution is 2.25. The Kier molecular flexibility index (Phi) is 5.53. The largest absolute Gasteiger partial charge is 0.384 e. The van der Waals surface area contributed by atoms with E-state index >= 15 is 0 Å². The second-order valence-corrected chi connectivity index (χ2v) is 5.70. The Balaban J connectivity index is 2.43. The molecule has 1 fully saturated rings. The van der Waals surface area contributed by atoms with Crippen LogP contribution >= 0.6 is 0 Å². The van der Waals surface area contributed by atoms with Crippen LogP contribution in [0, 0.1) is 5.41 Å². The molecule has 5 heteroatoms. The highest BCUT2D eigenvalue weighted by Gasteiger charge is 2.21. The predicted molar refractivity (Wildman–Crippen MR) is 87.1 cm³/mol. The van der Waals surface area contributed by atoms with Gasteiger partial charge in [0, 0.05) is 13.1 Å². The molecule has 1 aromatic rings.